The Hall–Kier alpha value is -2.89. The number of rotatable bonds is 9. The summed E-state index contributed by atoms with van der Waals surface area (Å²) in [4.78, 5) is 0. The molecular weight excluding hydrogens is 357 g/mol. The van der Waals surface area contributed by atoms with E-state index < -0.39 is 11.9 Å². The molecule has 3 rings (SSSR count). The Balaban J connectivity index is 1.85. The quantitative estimate of drug-likeness (QED) is 0.582. The molecule has 0 aliphatic carbocycles. The Kier molecular flexibility index (Phi) is 7.00. The van der Waals surface area contributed by atoms with Gasteiger partial charge in [0.15, 0.2) is 17.3 Å². The molecule has 0 aliphatic rings. The van der Waals surface area contributed by atoms with Gasteiger partial charge in [-0.05, 0) is 30.3 Å². The van der Waals surface area contributed by atoms with Crippen LogP contribution in [-0.4, -0.2) is 18.7 Å². The van der Waals surface area contributed by atoms with Crippen LogP contribution >= 0.6 is 0 Å². The van der Waals surface area contributed by atoms with Gasteiger partial charge in [0.05, 0.1) is 6.10 Å². The summed E-state index contributed by atoms with van der Waals surface area (Å²) in [5.74, 6) is -0.297. The first kappa shape index (κ1) is 19.9. The lowest BCUT2D eigenvalue weighted by Gasteiger charge is -2.18. The van der Waals surface area contributed by atoms with Crippen LogP contribution in [0.4, 0.5) is 4.39 Å². The highest BCUT2D eigenvalue weighted by Gasteiger charge is 2.21. The molecule has 3 aromatic rings. The molecule has 28 heavy (non-hydrogen) atoms. The van der Waals surface area contributed by atoms with Gasteiger partial charge in [0, 0.05) is 12.1 Å². The monoisotopic (exact) mass is 381 g/mol. The van der Waals surface area contributed by atoms with Gasteiger partial charge < -0.3 is 19.9 Å². The third-order valence-electron chi connectivity index (χ3n) is 4.31. The molecule has 0 saturated carbocycles. The van der Waals surface area contributed by atoms with E-state index in [-0.39, 0.29) is 24.5 Å². The van der Waals surface area contributed by atoms with E-state index in [9.17, 15) is 5.11 Å². The number of hydrogen-bond acceptors (Lipinski definition) is 4. The molecule has 0 saturated heterocycles. The first-order valence-corrected chi connectivity index (χ1v) is 9.17. The number of ether oxygens (including phenoxy) is 2. The molecule has 0 radical (unpaired) electrons. The van der Waals surface area contributed by atoms with Crippen LogP contribution in [0.15, 0.2) is 72.8 Å². The SMILES string of the molecule is CNCC(O)c1ccc(OCc2ccccc2)c(OCc2ccccc2)c1F. The minimum Gasteiger partial charge on any atom is -0.485 e. The zero-order chi connectivity index (χ0) is 19.8. The van der Waals surface area contributed by atoms with Crippen molar-refractivity contribution in [2.75, 3.05) is 13.6 Å². The topological polar surface area (TPSA) is 50.7 Å². The largest absolute Gasteiger partial charge is 0.485 e. The van der Waals surface area contributed by atoms with Crippen LogP contribution in [0.1, 0.15) is 22.8 Å². The van der Waals surface area contributed by atoms with Crippen molar-refractivity contribution in [3.05, 3.63) is 95.3 Å². The highest BCUT2D eigenvalue weighted by Crippen LogP contribution is 2.36. The summed E-state index contributed by atoms with van der Waals surface area (Å²) < 4.78 is 26.7. The van der Waals surface area contributed by atoms with Crippen LogP contribution in [0.25, 0.3) is 0 Å². The van der Waals surface area contributed by atoms with Gasteiger partial charge >= 0.3 is 0 Å². The van der Waals surface area contributed by atoms with E-state index in [0.29, 0.717) is 12.4 Å². The van der Waals surface area contributed by atoms with Crippen LogP contribution < -0.4 is 14.8 Å². The van der Waals surface area contributed by atoms with Crippen LogP contribution in [-0.2, 0) is 13.2 Å². The highest BCUT2D eigenvalue weighted by molar-refractivity contribution is 5.45. The summed E-state index contributed by atoms with van der Waals surface area (Å²) in [5, 5.41) is 13.1. The van der Waals surface area contributed by atoms with Crippen molar-refractivity contribution < 1.29 is 19.0 Å². The molecule has 0 aliphatic heterocycles. The van der Waals surface area contributed by atoms with Crippen molar-refractivity contribution in [3.63, 3.8) is 0 Å². The van der Waals surface area contributed by atoms with Crippen molar-refractivity contribution in [2.45, 2.75) is 19.3 Å². The predicted molar refractivity (Wildman–Crippen MR) is 107 cm³/mol. The molecule has 4 nitrogen and oxygen atoms in total. The smallest absolute Gasteiger partial charge is 0.197 e. The van der Waals surface area contributed by atoms with Gasteiger partial charge in [-0.25, -0.2) is 4.39 Å². The van der Waals surface area contributed by atoms with E-state index in [1.807, 2.05) is 60.7 Å². The fourth-order valence-corrected chi connectivity index (χ4v) is 2.83. The number of halogens is 1. The van der Waals surface area contributed by atoms with Gasteiger partial charge in [-0.2, -0.15) is 0 Å². The number of benzene rings is 3. The molecular formula is C23H24FNO3. The maximum atomic E-state index is 15.1. The Labute approximate surface area is 164 Å². The van der Waals surface area contributed by atoms with E-state index in [1.54, 1.807) is 13.1 Å². The number of likely N-dealkylation sites (N-methyl/N-ethyl adjacent to an activating group) is 1. The lowest BCUT2D eigenvalue weighted by Crippen LogP contribution is -2.18. The molecule has 2 N–H and O–H groups in total. The zero-order valence-corrected chi connectivity index (χ0v) is 15.8. The highest BCUT2D eigenvalue weighted by atomic mass is 19.1. The van der Waals surface area contributed by atoms with Gasteiger partial charge in [0.25, 0.3) is 0 Å². The van der Waals surface area contributed by atoms with Crippen LogP contribution in [0.2, 0.25) is 0 Å². The Morgan fingerprint density at radius 3 is 2.00 bits per heavy atom. The standard InChI is InChI=1S/C23H24FNO3/c1-25-14-20(26)19-12-13-21(27-15-17-8-4-2-5-9-17)23(22(19)24)28-16-18-10-6-3-7-11-18/h2-13,20,25-26H,14-16H2,1H3. The first-order chi connectivity index (χ1) is 13.7. The number of aliphatic hydroxyl groups excluding tert-OH is 1. The molecule has 0 fully saturated rings. The molecule has 146 valence electrons. The molecule has 5 heteroatoms. The molecule has 3 aromatic carbocycles. The summed E-state index contributed by atoms with van der Waals surface area (Å²) in [6, 6.07) is 22.3. The summed E-state index contributed by atoms with van der Waals surface area (Å²) in [7, 11) is 1.70. The second-order valence-corrected chi connectivity index (χ2v) is 6.42. The third-order valence-corrected chi connectivity index (χ3v) is 4.31. The van der Waals surface area contributed by atoms with Crippen molar-refractivity contribution in [2.24, 2.45) is 0 Å². The molecule has 0 spiro atoms. The van der Waals surface area contributed by atoms with E-state index >= 15 is 4.39 Å². The number of hydrogen-bond donors (Lipinski definition) is 2. The summed E-state index contributed by atoms with van der Waals surface area (Å²) in [6.07, 6.45) is -0.979. The molecule has 0 bridgehead atoms. The lowest BCUT2D eigenvalue weighted by molar-refractivity contribution is 0.169. The van der Waals surface area contributed by atoms with Crippen molar-refractivity contribution in [1.29, 1.82) is 0 Å². The van der Waals surface area contributed by atoms with Crippen molar-refractivity contribution >= 4 is 0 Å². The van der Waals surface area contributed by atoms with Crippen molar-refractivity contribution in [1.82, 2.24) is 5.32 Å². The third kappa shape index (κ3) is 5.09. The maximum Gasteiger partial charge on any atom is 0.197 e. The zero-order valence-electron chi connectivity index (χ0n) is 15.8. The fraction of sp³-hybridized carbons (Fsp3) is 0.217. The molecule has 1 unspecified atom stereocenters. The van der Waals surface area contributed by atoms with Crippen molar-refractivity contribution in [3.8, 4) is 11.5 Å². The van der Waals surface area contributed by atoms with Gasteiger partial charge in [-0.3, -0.25) is 0 Å². The molecule has 0 heterocycles. The molecule has 0 aromatic heterocycles. The number of nitrogens with one attached hydrogen (secondary N) is 1. The Morgan fingerprint density at radius 1 is 0.857 bits per heavy atom. The Morgan fingerprint density at radius 2 is 1.43 bits per heavy atom. The van der Waals surface area contributed by atoms with Crippen LogP contribution in [0, 0.1) is 5.82 Å². The normalized spacial score (nSPS) is 11.8. The predicted octanol–water partition coefficient (Wildman–Crippen LogP) is 4.24. The molecule has 1 atom stereocenters. The average Bonchev–Trinajstić information content (AvgIpc) is 2.73. The average molecular weight is 381 g/mol. The first-order valence-electron chi connectivity index (χ1n) is 9.17. The minimum atomic E-state index is -0.979. The van der Waals surface area contributed by atoms with Crippen LogP contribution in [0.3, 0.4) is 0 Å². The van der Waals surface area contributed by atoms with E-state index in [4.69, 9.17) is 9.47 Å². The Bertz CT molecular complexity index is 872. The summed E-state index contributed by atoms with van der Waals surface area (Å²) in [6.45, 7) is 0.727. The second-order valence-electron chi connectivity index (χ2n) is 6.42. The second kappa shape index (κ2) is 9.88. The molecule has 0 amide bonds. The number of aliphatic hydroxyl groups is 1. The van der Waals surface area contributed by atoms with E-state index in [0.717, 1.165) is 11.1 Å². The fourth-order valence-electron chi connectivity index (χ4n) is 2.83. The van der Waals surface area contributed by atoms with Gasteiger partial charge in [0.1, 0.15) is 13.2 Å². The van der Waals surface area contributed by atoms with Gasteiger partial charge in [-0.1, -0.05) is 60.7 Å². The van der Waals surface area contributed by atoms with Gasteiger partial charge in [-0.15, -0.1) is 0 Å². The van der Waals surface area contributed by atoms with E-state index in [1.165, 1.54) is 6.07 Å². The van der Waals surface area contributed by atoms with Gasteiger partial charge in [0.2, 0.25) is 0 Å². The maximum absolute atomic E-state index is 15.1. The van der Waals surface area contributed by atoms with Crippen LogP contribution in [0.5, 0.6) is 11.5 Å². The van der Waals surface area contributed by atoms with E-state index in [2.05, 4.69) is 5.32 Å². The minimum absolute atomic E-state index is 0.00689. The lowest BCUT2D eigenvalue weighted by atomic mass is 10.1. The summed E-state index contributed by atoms with van der Waals surface area (Å²) >= 11 is 0. The summed E-state index contributed by atoms with van der Waals surface area (Å²) in [5.41, 5.74) is 2.05.